The number of anilines is 2. The molecule has 25 heavy (non-hydrogen) atoms. The highest BCUT2D eigenvalue weighted by atomic mass is 35.5. The minimum atomic E-state index is -1.24. The number of nitrogens with two attached hydrogens (primary N) is 1. The minimum absolute atomic E-state index is 0.0251. The van der Waals surface area contributed by atoms with Crippen LogP contribution in [0.2, 0.25) is 5.02 Å². The van der Waals surface area contributed by atoms with Crippen molar-refractivity contribution in [2.24, 2.45) is 0 Å². The maximum atomic E-state index is 11.9. The largest absolute Gasteiger partial charge is 0.398 e. The van der Waals surface area contributed by atoms with Crippen LogP contribution in [-0.4, -0.2) is 22.6 Å². The second kappa shape index (κ2) is 7.41. The average molecular weight is 363 g/mol. The molecule has 2 rings (SSSR count). The number of carbonyl (C=O) groups is 3. The third kappa shape index (κ3) is 4.30. The Kier molecular flexibility index (Phi) is 5.30. The Labute approximate surface area is 145 Å². The molecule has 4 N–H and O–H groups in total. The van der Waals surface area contributed by atoms with Crippen molar-refractivity contribution in [1.29, 1.82) is 0 Å². The molecule has 2 aromatic rings. The van der Waals surface area contributed by atoms with Gasteiger partial charge in [-0.2, -0.15) is 0 Å². The van der Waals surface area contributed by atoms with Crippen LogP contribution < -0.4 is 16.4 Å². The molecule has 10 heteroatoms. The third-order valence-electron chi connectivity index (χ3n) is 3.04. The van der Waals surface area contributed by atoms with Crippen molar-refractivity contribution in [3.63, 3.8) is 0 Å². The van der Waals surface area contributed by atoms with Crippen molar-refractivity contribution in [2.75, 3.05) is 11.1 Å². The number of amides is 3. The molecule has 0 aliphatic rings. The Morgan fingerprint density at radius 3 is 2.40 bits per heavy atom. The lowest BCUT2D eigenvalue weighted by atomic mass is 10.1. The number of hydrogen-bond donors (Lipinski definition) is 3. The number of carbonyl (C=O) groups excluding carboxylic acids is 3. The second-order valence-electron chi connectivity index (χ2n) is 4.75. The summed E-state index contributed by atoms with van der Waals surface area (Å²) >= 11 is 5.65. The van der Waals surface area contributed by atoms with Gasteiger partial charge in [-0.3, -0.25) is 29.8 Å². The molecule has 0 saturated carbocycles. The maximum absolute atomic E-state index is 11.9. The molecule has 0 heterocycles. The predicted octanol–water partition coefficient (Wildman–Crippen LogP) is 1.73. The number of nitrogens with one attached hydrogen (secondary N) is 2. The molecule has 0 bridgehead atoms. The second-order valence-corrected chi connectivity index (χ2v) is 5.16. The number of nitro groups is 1. The number of para-hydroxylation sites is 1. The van der Waals surface area contributed by atoms with E-state index in [1.807, 2.05) is 5.32 Å². The van der Waals surface area contributed by atoms with E-state index in [0.717, 1.165) is 6.07 Å². The Hall–Kier alpha value is -3.46. The van der Waals surface area contributed by atoms with Gasteiger partial charge >= 0.3 is 11.8 Å². The van der Waals surface area contributed by atoms with Crippen molar-refractivity contribution in [1.82, 2.24) is 5.32 Å². The fraction of sp³-hybridized carbons (Fsp3) is 0. The van der Waals surface area contributed by atoms with Gasteiger partial charge in [-0.15, -0.1) is 0 Å². The molecule has 128 valence electrons. The highest BCUT2D eigenvalue weighted by Gasteiger charge is 2.20. The summed E-state index contributed by atoms with van der Waals surface area (Å²) in [6.45, 7) is 0. The van der Waals surface area contributed by atoms with Gasteiger partial charge in [-0.1, -0.05) is 23.7 Å². The molecule has 3 amide bonds. The SMILES string of the molecule is Nc1ccccc1C(=O)NC(=O)C(=O)Nc1ccc(Cl)c([N+](=O)[O-])c1. The number of nitrogens with zero attached hydrogens (tertiary/aromatic N) is 1. The molecule has 0 aliphatic heterocycles. The zero-order chi connectivity index (χ0) is 18.6. The zero-order valence-electron chi connectivity index (χ0n) is 12.5. The van der Waals surface area contributed by atoms with Crippen LogP contribution in [0.15, 0.2) is 42.5 Å². The van der Waals surface area contributed by atoms with Gasteiger partial charge in [0, 0.05) is 17.4 Å². The van der Waals surface area contributed by atoms with Crippen LogP contribution >= 0.6 is 11.6 Å². The summed E-state index contributed by atoms with van der Waals surface area (Å²) in [7, 11) is 0. The standard InChI is InChI=1S/C15H11ClN4O5/c16-10-6-5-8(7-12(10)20(24)25)18-14(22)15(23)19-13(21)9-3-1-2-4-11(9)17/h1-7H,17H2,(H,18,22)(H,19,21,23). The van der Waals surface area contributed by atoms with E-state index < -0.39 is 28.3 Å². The van der Waals surface area contributed by atoms with Gasteiger partial charge in [-0.25, -0.2) is 0 Å². The number of rotatable bonds is 3. The van der Waals surface area contributed by atoms with Gasteiger partial charge in [0.25, 0.3) is 11.6 Å². The van der Waals surface area contributed by atoms with Gasteiger partial charge < -0.3 is 11.1 Å². The average Bonchev–Trinajstić information content (AvgIpc) is 2.56. The van der Waals surface area contributed by atoms with Crippen molar-refractivity contribution in [3.05, 3.63) is 63.2 Å². The lowest BCUT2D eigenvalue weighted by molar-refractivity contribution is -0.384. The Balaban J connectivity index is 2.07. The highest BCUT2D eigenvalue weighted by molar-refractivity contribution is 6.42. The molecule has 0 atom stereocenters. The summed E-state index contributed by atoms with van der Waals surface area (Å²) in [5.41, 5.74) is 5.32. The summed E-state index contributed by atoms with van der Waals surface area (Å²) < 4.78 is 0. The van der Waals surface area contributed by atoms with Crippen molar-refractivity contribution in [3.8, 4) is 0 Å². The van der Waals surface area contributed by atoms with E-state index in [9.17, 15) is 24.5 Å². The van der Waals surface area contributed by atoms with Crippen LogP contribution in [0, 0.1) is 10.1 Å². The third-order valence-corrected chi connectivity index (χ3v) is 3.36. The molecule has 0 spiro atoms. The van der Waals surface area contributed by atoms with Crippen LogP contribution in [0.4, 0.5) is 17.1 Å². The van der Waals surface area contributed by atoms with E-state index in [1.54, 1.807) is 12.1 Å². The van der Waals surface area contributed by atoms with Crippen LogP contribution in [0.1, 0.15) is 10.4 Å². The first-order chi connectivity index (χ1) is 11.8. The molecule has 0 radical (unpaired) electrons. The van der Waals surface area contributed by atoms with Gasteiger partial charge in [0.2, 0.25) is 0 Å². The first-order valence-corrected chi connectivity index (χ1v) is 7.12. The molecule has 0 aliphatic carbocycles. The lowest BCUT2D eigenvalue weighted by Crippen LogP contribution is -2.39. The Bertz CT molecular complexity index is 884. The van der Waals surface area contributed by atoms with E-state index in [4.69, 9.17) is 17.3 Å². The summed E-state index contributed by atoms with van der Waals surface area (Å²) in [5, 5.41) is 14.7. The van der Waals surface area contributed by atoms with E-state index in [0.29, 0.717) is 0 Å². The minimum Gasteiger partial charge on any atom is -0.398 e. The summed E-state index contributed by atoms with van der Waals surface area (Å²) in [6.07, 6.45) is 0. The molecule has 0 unspecified atom stereocenters. The van der Waals surface area contributed by atoms with Crippen molar-refractivity contribution in [2.45, 2.75) is 0 Å². The Morgan fingerprint density at radius 2 is 1.76 bits per heavy atom. The van der Waals surface area contributed by atoms with Gasteiger partial charge in [0.05, 0.1) is 10.5 Å². The molecular weight excluding hydrogens is 352 g/mol. The van der Waals surface area contributed by atoms with E-state index in [1.165, 1.54) is 24.3 Å². The van der Waals surface area contributed by atoms with Crippen LogP contribution in [0.25, 0.3) is 0 Å². The lowest BCUT2D eigenvalue weighted by Gasteiger charge is -2.07. The smallest absolute Gasteiger partial charge is 0.316 e. The number of imide groups is 1. The zero-order valence-corrected chi connectivity index (χ0v) is 13.2. The topological polar surface area (TPSA) is 144 Å². The first-order valence-electron chi connectivity index (χ1n) is 6.74. The molecule has 2 aromatic carbocycles. The maximum Gasteiger partial charge on any atom is 0.316 e. The summed E-state index contributed by atoms with van der Waals surface area (Å²) in [5.74, 6) is -3.27. The van der Waals surface area contributed by atoms with Crippen LogP contribution in [0.3, 0.4) is 0 Å². The van der Waals surface area contributed by atoms with Crippen molar-refractivity contribution >= 4 is 46.4 Å². The monoisotopic (exact) mass is 362 g/mol. The van der Waals surface area contributed by atoms with Gasteiger partial charge in [0.1, 0.15) is 5.02 Å². The highest BCUT2D eigenvalue weighted by Crippen LogP contribution is 2.27. The number of benzene rings is 2. The number of halogens is 1. The van der Waals surface area contributed by atoms with Crippen molar-refractivity contribution < 1.29 is 19.3 Å². The number of hydrogen-bond acceptors (Lipinski definition) is 6. The molecule has 0 fully saturated rings. The molecule has 9 nitrogen and oxygen atoms in total. The fourth-order valence-electron chi connectivity index (χ4n) is 1.85. The van der Waals surface area contributed by atoms with E-state index >= 15 is 0 Å². The quantitative estimate of drug-likeness (QED) is 0.328. The first kappa shape index (κ1) is 17.9. The summed E-state index contributed by atoms with van der Waals surface area (Å²) in [6, 6.07) is 9.46. The van der Waals surface area contributed by atoms with Gasteiger partial charge in [-0.05, 0) is 24.3 Å². The number of nitrogen functional groups attached to an aromatic ring is 1. The Morgan fingerprint density at radius 1 is 1.08 bits per heavy atom. The van der Waals surface area contributed by atoms with Gasteiger partial charge in [0.15, 0.2) is 0 Å². The molecule has 0 aromatic heterocycles. The van der Waals surface area contributed by atoms with Crippen LogP contribution in [-0.2, 0) is 9.59 Å². The predicted molar refractivity (Wildman–Crippen MR) is 90.1 cm³/mol. The molecule has 0 saturated heterocycles. The number of nitro benzene ring substituents is 1. The normalized spacial score (nSPS) is 9.96. The van der Waals surface area contributed by atoms with E-state index in [2.05, 4.69) is 5.32 Å². The summed E-state index contributed by atoms with van der Waals surface area (Å²) in [4.78, 5) is 45.6. The van der Waals surface area contributed by atoms with Crippen LogP contribution in [0.5, 0.6) is 0 Å². The molecular formula is C15H11ClN4O5. The van der Waals surface area contributed by atoms with E-state index in [-0.39, 0.29) is 22.0 Å². The fourth-order valence-corrected chi connectivity index (χ4v) is 2.04.